The molecule has 2 aliphatic rings. The van der Waals surface area contributed by atoms with Crippen molar-refractivity contribution < 1.29 is 9.53 Å². The molecule has 30 heavy (non-hydrogen) atoms. The molecule has 7 heteroatoms. The Morgan fingerprint density at radius 3 is 2.57 bits per heavy atom. The van der Waals surface area contributed by atoms with Crippen molar-refractivity contribution in [2.24, 2.45) is 16.0 Å². The standard InChI is InChI=1S/C23H22N4O2S/c1-15(2)12-20-26-27-21(24)19(22(28)25-23(27)30-20)13-16-8-10-18(11-9-16)29-14-17-6-4-3-5-7-17/h3-11,13,15,24H,12,14H2,1-2H3. The number of aliphatic imine (C=N–C) groups is 1. The van der Waals surface area contributed by atoms with Gasteiger partial charge in [-0.05, 0) is 47.0 Å². The number of fused-ring (bicyclic) bond motifs is 1. The first kappa shape index (κ1) is 20.1. The number of carbonyl (C=O) groups is 1. The highest BCUT2D eigenvalue weighted by atomic mass is 32.2. The predicted octanol–water partition coefficient (Wildman–Crippen LogP) is 4.93. The first-order chi connectivity index (χ1) is 14.5. The molecule has 1 amide bonds. The van der Waals surface area contributed by atoms with Gasteiger partial charge in [-0.15, -0.1) is 0 Å². The second-order valence-electron chi connectivity index (χ2n) is 7.46. The van der Waals surface area contributed by atoms with Crippen LogP contribution in [0.2, 0.25) is 0 Å². The molecule has 6 nitrogen and oxygen atoms in total. The van der Waals surface area contributed by atoms with Gasteiger partial charge in [0.05, 0.1) is 5.57 Å². The van der Waals surface area contributed by atoms with Gasteiger partial charge in [-0.25, -0.2) is 0 Å². The van der Waals surface area contributed by atoms with Crippen LogP contribution in [0.15, 0.2) is 70.3 Å². The van der Waals surface area contributed by atoms with Gasteiger partial charge in [0.1, 0.15) is 17.4 Å². The Bertz CT molecular complexity index is 1060. The molecule has 4 rings (SSSR count). The molecular weight excluding hydrogens is 396 g/mol. The summed E-state index contributed by atoms with van der Waals surface area (Å²) in [7, 11) is 0. The fourth-order valence-corrected chi connectivity index (χ4v) is 4.13. The Morgan fingerprint density at radius 2 is 1.87 bits per heavy atom. The van der Waals surface area contributed by atoms with E-state index in [1.165, 1.54) is 16.8 Å². The zero-order chi connectivity index (χ0) is 21.1. The minimum Gasteiger partial charge on any atom is -0.489 e. The van der Waals surface area contributed by atoms with E-state index in [2.05, 4.69) is 23.9 Å². The Hall–Kier alpha value is -3.19. The van der Waals surface area contributed by atoms with Gasteiger partial charge >= 0.3 is 0 Å². The number of rotatable bonds is 6. The highest BCUT2D eigenvalue weighted by Gasteiger charge is 2.35. The van der Waals surface area contributed by atoms with Crippen LogP contribution in [-0.2, 0) is 11.4 Å². The minimum absolute atomic E-state index is 0.0562. The van der Waals surface area contributed by atoms with Gasteiger partial charge < -0.3 is 4.74 Å². The van der Waals surface area contributed by atoms with Crippen LogP contribution in [0.1, 0.15) is 31.4 Å². The van der Waals surface area contributed by atoms with Crippen molar-refractivity contribution in [3.63, 3.8) is 0 Å². The molecule has 2 aliphatic heterocycles. The van der Waals surface area contributed by atoms with Gasteiger partial charge in [-0.3, -0.25) is 10.2 Å². The third-order valence-corrected chi connectivity index (χ3v) is 5.45. The lowest BCUT2D eigenvalue weighted by atomic mass is 10.1. The van der Waals surface area contributed by atoms with Crippen LogP contribution in [-0.4, -0.2) is 27.0 Å². The number of amides is 1. The van der Waals surface area contributed by atoms with Crippen molar-refractivity contribution in [3.05, 3.63) is 71.3 Å². The average Bonchev–Trinajstić information content (AvgIpc) is 3.13. The second kappa shape index (κ2) is 8.67. The number of hydrazone groups is 1. The SMILES string of the molecule is CC(C)CC1=NN2C(=N)C(=Cc3ccc(OCc4ccccc4)cc3)C(=O)N=C2S1. The number of amidine groups is 2. The number of nitrogens with zero attached hydrogens (tertiary/aromatic N) is 3. The molecule has 0 radical (unpaired) electrons. The average molecular weight is 419 g/mol. The van der Waals surface area contributed by atoms with Crippen molar-refractivity contribution in [2.45, 2.75) is 26.9 Å². The third kappa shape index (κ3) is 4.52. The first-order valence-electron chi connectivity index (χ1n) is 9.75. The maximum atomic E-state index is 12.5. The van der Waals surface area contributed by atoms with Gasteiger partial charge in [0.15, 0.2) is 5.84 Å². The van der Waals surface area contributed by atoms with Gasteiger partial charge in [0, 0.05) is 6.42 Å². The maximum Gasteiger partial charge on any atom is 0.283 e. The smallest absolute Gasteiger partial charge is 0.283 e. The quantitative estimate of drug-likeness (QED) is 0.675. The van der Waals surface area contributed by atoms with Crippen molar-refractivity contribution in [1.29, 1.82) is 5.41 Å². The Kier molecular flexibility index (Phi) is 5.81. The fraction of sp³-hybridized carbons (Fsp3) is 0.217. The van der Waals surface area contributed by atoms with E-state index in [4.69, 9.17) is 10.1 Å². The summed E-state index contributed by atoms with van der Waals surface area (Å²) in [6, 6.07) is 17.4. The van der Waals surface area contributed by atoms with Gasteiger partial charge in [0.25, 0.3) is 5.91 Å². The molecular formula is C23H22N4O2S. The van der Waals surface area contributed by atoms with E-state index in [0.29, 0.717) is 17.7 Å². The number of hydrogen-bond acceptors (Lipinski definition) is 5. The maximum absolute atomic E-state index is 12.5. The lowest BCUT2D eigenvalue weighted by Crippen LogP contribution is -2.35. The molecule has 0 bridgehead atoms. The molecule has 0 aliphatic carbocycles. The lowest BCUT2D eigenvalue weighted by Gasteiger charge is -2.20. The van der Waals surface area contributed by atoms with E-state index in [0.717, 1.165) is 28.3 Å². The molecule has 2 heterocycles. The molecule has 0 saturated carbocycles. The van der Waals surface area contributed by atoms with E-state index in [-0.39, 0.29) is 11.4 Å². The summed E-state index contributed by atoms with van der Waals surface area (Å²) in [6.45, 7) is 4.71. The van der Waals surface area contributed by atoms with Crippen LogP contribution in [0.25, 0.3) is 6.08 Å². The van der Waals surface area contributed by atoms with E-state index in [1.54, 1.807) is 6.08 Å². The second-order valence-corrected chi connectivity index (χ2v) is 8.50. The highest BCUT2D eigenvalue weighted by Crippen LogP contribution is 2.30. The number of carbonyl (C=O) groups excluding carboxylic acids is 1. The van der Waals surface area contributed by atoms with E-state index < -0.39 is 5.91 Å². The van der Waals surface area contributed by atoms with Crippen molar-refractivity contribution in [1.82, 2.24) is 5.01 Å². The van der Waals surface area contributed by atoms with E-state index in [1.807, 2.05) is 54.6 Å². The van der Waals surface area contributed by atoms with Gasteiger partial charge in [-0.2, -0.15) is 15.1 Å². The highest BCUT2D eigenvalue weighted by molar-refractivity contribution is 8.26. The van der Waals surface area contributed by atoms with E-state index in [9.17, 15) is 4.79 Å². The normalized spacial score (nSPS) is 17.3. The molecule has 0 unspecified atom stereocenters. The molecule has 0 atom stereocenters. The number of ether oxygens (including phenoxy) is 1. The fourth-order valence-electron chi connectivity index (χ4n) is 3.03. The monoisotopic (exact) mass is 418 g/mol. The summed E-state index contributed by atoms with van der Waals surface area (Å²) in [5.41, 5.74) is 2.12. The number of nitrogens with one attached hydrogen (secondary N) is 1. The summed E-state index contributed by atoms with van der Waals surface area (Å²) in [4.78, 5) is 16.6. The van der Waals surface area contributed by atoms with Crippen molar-refractivity contribution >= 4 is 39.8 Å². The van der Waals surface area contributed by atoms with Crippen LogP contribution in [0, 0.1) is 11.3 Å². The molecule has 0 saturated heterocycles. The number of hydrogen-bond donors (Lipinski definition) is 1. The van der Waals surface area contributed by atoms with Crippen molar-refractivity contribution in [3.8, 4) is 5.75 Å². The third-order valence-electron chi connectivity index (χ3n) is 4.52. The van der Waals surface area contributed by atoms with Crippen LogP contribution in [0.5, 0.6) is 5.75 Å². The van der Waals surface area contributed by atoms with Crippen LogP contribution >= 0.6 is 11.8 Å². The molecule has 0 aromatic heterocycles. The summed E-state index contributed by atoms with van der Waals surface area (Å²) < 4.78 is 5.80. The zero-order valence-corrected chi connectivity index (χ0v) is 17.6. The Labute approximate surface area is 179 Å². The van der Waals surface area contributed by atoms with E-state index >= 15 is 0 Å². The summed E-state index contributed by atoms with van der Waals surface area (Å²) >= 11 is 1.36. The summed E-state index contributed by atoms with van der Waals surface area (Å²) in [5.74, 6) is 0.829. The predicted molar refractivity (Wildman–Crippen MR) is 122 cm³/mol. The molecule has 0 spiro atoms. The molecule has 2 aromatic rings. The number of benzene rings is 2. The Balaban J connectivity index is 1.47. The van der Waals surface area contributed by atoms with Crippen molar-refractivity contribution in [2.75, 3.05) is 0 Å². The Morgan fingerprint density at radius 1 is 1.13 bits per heavy atom. The minimum atomic E-state index is -0.413. The molecule has 1 N–H and O–H groups in total. The summed E-state index contributed by atoms with van der Waals surface area (Å²) in [5, 5.41) is 15.7. The zero-order valence-electron chi connectivity index (χ0n) is 16.8. The first-order valence-corrected chi connectivity index (χ1v) is 10.6. The lowest BCUT2D eigenvalue weighted by molar-refractivity contribution is -0.114. The summed E-state index contributed by atoms with van der Waals surface area (Å²) in [6.07, 6.45) is 2.47. The largest absolute Gasteiger partial charge is 0.489 e. The molecule has 152 valence electrons. The van der Waals surface area contributed by atoms with Crippen LogP contribution in [0.4, 0.5) is 0 Å². The van der Waals surface area contributed by atoms with Crippen LogP contribution in [0.3, 0.4) is 0 Å². The molecule has 2 aromatic carbocycles. The van der Waals surface area contributed by atoms with Gasteiger partial charge in [0.2, 0.25) is 5.17 Å². The molecule has 0 fully saturated rings. The topological polar surface area (TPSA) is 78.1 Å². The number of thioether (sulfide) groups is 1. The van der Waals surface area contributed by atoms with Crippen LogP contribution < -0.4 is 4.74 Å². The van der Waals surface area contributed by atoms with Gasteiger partial charge in [-0.1, -0.05) is 56.3 Å².